The molecule has 3 heterocycles. The Morgan fingerprint density at radius 1 is 1.19 bits per heavy atom. The summed E-state index contributed by atoms with van der Waals surface area (Å²) in [5, 5.41) is 1.27. The van der Waals surface area contributed by atoms with Crippen molar-refractivity contribution < 1.29 is 9.47 Å². The van der Waals surface area contributed by atoms with E-state index in [0.29, 0.717) is 12.2 Å². The minimum absolute atomic E-state index is 0.328. The largest absolute Gasteiger partial charge is 0.376 e. The third-order valence-electron chi connectivity index (χ3n) is 5.58. The topological polar surface area (TPSA) is 34.6 Å². The van der Waals surface area contributed by atoms with Crippen molar-refractivity contribution in [2.45, 2.75) is 57.7 Å². The maximum Gasteiger partial charge on any atom is 0.0809 e. The predicted molar refractivity (Wildman–Crippen MR) is 106 cm³/mol. The number of pyridine rings is 1. The lowest BCUT2D eigenvalue weighted by Crippen LogP contribution is -2.38. The molecule has 4 nitrogen and oxygen atoms in total. The fourth-order valence-corrected chi connectivity index (χ4v) is 4.14. The van der Waals surface area contributed by atoms with Crippen LogP contribution in [0.4, 0.5) is 5.69 Å². The first-order chi connectivity index (χ1) is 12.8. The molecule has 2 saturated heterocycles. The third kappa shape index (κ3) is 4.02. The van der Waals surface area contributed by atoms with E-state index in [0.717, 1.165) is 63.9 Å². The molecule has 0 bridgehead atoms. The number of fused-ring (bicyclic) bond motifs is 1. The summed E-state index contributed by atoms with van der Waals surface area (Å²) in [6.45, 7) is 5.99. The minimum atomic E-state index is 0.328. The van der Waals surface area contributed by atoms with Crippen LogP contribution in [0.1, 0.15) is 44.7 Å². The summed E-state index contributed by atoms with van der Waals surface area (Å²) >= 11 is 0. The van der Waals surface area contributed by atoms with Gasteiger partial charge in [0.15, 0.2) is 0 Å². The number of hydrogen-bond acceptors (Lipinski definition) is 4. The Bertz CT molecular complexity index is 719. The summed E-state index contributed by atoms with van der Waals surface area (Å²) < 4.78 is 11.8. The highest BCUT2D eigenvalue weighted by Crippen LogP contribution is 2.30. The second-order valence-corrected chi connectivity index (χ2v) is 7.55. The molecule has 0 N–H and O–H groups in total. The molecule has 1 aromatic carbocycles. The number of para-hydroxylation sites is 1. The van der Waals surface area contributed by atoms with Gasteiger partial charge in [0.25, 0.3) is 0 Å². The zero-order chi connectivity index (χ0) is 17.8. The monoisotopic (exact) mass is 354 g/mol. The van der Waals surface area contributed by atoms with Gasteiger partial charge < -0.3 is 14.4 Å². The number of ether oxygens (including phenoxy) is 2. The van der Waals surface area contributed by atoms with E-state index in [9.17, 15) is 0 Å². The fraction of sp³-hybridized carbons (Fsp3) is 0.591. The van der Waals surface area contributed by atoms with Crippen LogP contribution in [0.2, 0.25) is 0 Å². The lowest BCUT2D eigenvalue weighted by molar-refractivity contribution is -0.0280. The van der Waals surface area contributed by atoms with E-state index in [2.05, 4.69) is 42.2 Å². The average molecular weight is 354 g/mol. The molecule has 1 atom stereocenters. The molecule has 2 aromatic rings. The van der Waals surface area contributed by atoms with E-state index in [-0.39, 0.29) is 0 Å². The molecule has 0 aliphatic carbocycles. The van der Waals surface area contributed by atoms with Crippen molar-refractivity contribution in [3.8, 4) is 0 Å². The van der Waals surface area contributed by atoms with E-state index < -0.39 is 0 Å². The number of nitrogens with zero attached hydrogens (tertiary/aromatic N) is 2. The molecule has 0 spiro atoms. The Balaban J connectivity index is 1.43. The smallest absolute Gasteiger partial charge is 0.0809 e. The quantitative estimate of drug-likeness (QED) is 0.772. The Morgan fingerprint density at radius 2 is 2.04 bits per heavy atom. The first kappa shape index (κ1) is 17.7. The van der Waals surface area contributed by atoms with E-state index in [1.807, 2.05) is 0 Å². The average Bonchev–Trinajstić information content (AvgIpc) is 3.20. The van der Waals surface area contributed by atoms with Crippen molar-refractivity contribution in [3.05, 3.63) is 36.0 Å². The molecular weight excluding hydrogens is 324 g/mol. The van der Waals surface area contributed by atoms with Crippen molar-refractivity contribution in [3.63, 3.8) is 0 Å². The van der Waals surface area contributed by atoms with Crippen LogP contribution in [0.5, 0.6) is 0 Å². The normalized spacial score (nSPS) is 21.6. The molecule has 2 aliphatic rings. The molecular formula is C22H30N2O2. The molecule has 2 fully saturated rings. The molecule has 1 unspecified atom stereocenters. The van der Waals surface area contributed by atoms with Gasteiger partial charge in [-0.15, -0.1) is 0 Å². The van der Waals surface area contributed by atoms with Crippen molar-refractivity contribution in [2.75, 3.05) is 31.2 Å². The predicted octanol–water partition coefficient (Wildman–Crippen LogP) is 4.35. The number of aromatic nitrogens is 1. The molecule has 0 saturated carbocycles. The van der Waals surface area contributed by atoms with Crippen molar-refractivity contribution >= 4 is 16.6 Å². The van der Waals surface area contributed by atoms with Gasteiger partial charge in [0, 0.05) is 36.5 Å². The number of hydrogen-bond donors (Lipinski definition) is 0. The van der Waals surface area contributed by atoms with Gasteiger partial charge in [-0.05, 0) is 44.2 Å². The first-order valence-electron chi connectivity index (χ1n) is 10.2. The summed E-state index contributed by atoms with van der Waals surface area (Å²) in [6.07, 6.45) is 7.39. The van der Waals surface area contributed by atoms with Crippen LogP contribution < -0.4 is 4.90 Å². The standard InChI is InChI=1S/C22H30N2O2/c1-2-6-17-15-22(20-8-3-4-9-21(20)23-17)24-12-10-18(11-13-24)26-16-19-7-5-14-25-19/h3-4,8-9,15,18-19H,2,5-7,10-14,16H2,1H3. The Kier molecular flexibility index (Phi) is 5.71. The van der Waals surface area contributed by atoms with Crippen molar-refractivity contribution in [1.82, 2.24) is 4.98 Å². The first-order valence-corrected chi connectivity index (χ1v) is 10.2. The molecule has 140 valence electrons. The maximum atomic E-state index is 6.14. The van der Waals surface area contributed by atoms with Crippen molar-refractivity contribution in [1.29, 1.82) is 0 Å². The highest BCUT2D eigenvalue weighted by atomic mass is 16.5. The lowest BCUT2D eigenvalue weighted by atomic mass is 10.0. The second kappa shape index (κ2) is 8.36. The Morgan fingerprint density at radius 3 is 2.81 bits per heavy atom. The van der Waals surface area contributed by atoms with Crippen LogP contribution in [0, 0.1) is 0 Å². The molecule has 0 radical (unpaired) electrons. The summed E-state index contributed by atoms with van der Waals surface area (Å²) in [5.41, 5.74) is 3.67. The Hall–Kier alpha value is -1.65. The van der Waals surface area contributed by atoms with Gasteiger partial charge in [0.1, 0.15) is 0 Å². The summed E-state index contributed by atoms with van der Waals surface area (Å²) in [5.74, 6) is 0. The van der Waals surface area contributed by atoms with E-state index in [1.165, 1.54) is 23.2 Å². The molecule has 1 aromatic heterocycles. The second-order valence-electron chi connectivity index (χ2n) is 7.55. The third-order valence-corrected chi connectivity index (χ3v) is 5.58. The number of aryl methyl sites for hydroxylation is 1. The van der Waals surface area contributed by atoms with Crippen LogP contribution in [0.3, 0.4) is 0 Å². The van der Waals surface area contributed by atoms with Crippen LogP contribution in [-0.4, -0.2) is 43.5 Å². The van der Waals surface area contributed by atoms with Gasteiger partial charge in [0.2, 0.25) is 0 Å². The van der Waals surface area contributed by atoms with Gasteiger partial charge in [-0.25, -0.2) is 0 Å². The van der Waals surface area contributed by atoms with E-state index in [1.54, 1.807) is 0 Å². The molecule has 26 heavy (non-hydrogen) atoms. The SMILES string of the molecule is CCCc1cc(N2CCC(OCC3CCCO3)CC2)c2ccccc2n1. The van der Waals surface area contributed by atoms with Crippen LogP contribution in [0.15, 0.2) is 30.3 Å². The van der Waals surface area contributed by atoms with Gasteiger partial charge in [-0.2, -0.15) is 0 Å². The van der Waals surface area contributed by atoms with Crippen molar-refractivity contribution in [2.24, 2.45) is 0 Å². The van der Waals surface area contributed by atoms with Gasteiger partial charge in [-0.1, -0.05) is 31.5 Å². The number of benzene rings is 1. The summed E-state index contributed by atoms with van der Waals surface area (Å²) in [7, 11) is 0. The molecule has 2 aliphatic heterocycles. The molecule has 0 amide bonds. The fourth-order valence-electron chi connectivity index (χ4n) is 4.14. The van der Waals surface area contributed by atoms with Crippen LogP contribution in [0.25, 0.3) is 10.9 Å². The van der Waals surface area contributed by atoms with E-state index in [4.69, 9.17) is 14.5 Å². The zero-order valence-electron chi connectivity index (χ0n) is 15.8. The maximum absolute atomic E-state index is 6.14. The number of rotatable bonds is 6. The van der Waals surface area contributed by atoms with Gasteiger partial charge in [0.05, 0.1) is 24.3 Å². The Labute approximate surface area is 156 Å². The lowest BCUT2D eigenvalue weighted by Gasteiger charge is -2.34. The molecule has 4 rings (SSSR count). The van der Waals surface area contributed by atoms with Crippen LogP contribution in [-0.2, 0) is 15.9 Å². The summed E-state index contributed by atoms with van der Waals surface area (Å²) in [6, 6.07) is 10.8. The number of piperidine rings is 1. The summed E-state index contributed by atoms with van der Waals surface area (Å²) in [4.78, 5) is 7.37. The highest BCUT2D eigenvalue weighted by molar-refractivity contribution is 5.92. The van der Waals surface area contributed by atoms with Crippen LogP contribution >= 0.6 is 0 Å². The minimum Gasteiger partial charge on any atom is -0.376 e. The van der Waals surface area contributed by atoms with Gasteiger partial charge in [-0.3, -0.25) is 4.98 Å². The van der Waals surface area contributed by atoms with E-state index >= 15 is 0 Å². The highest BCUT2D eigenvalue weighted by Gasteiger charge is 2.24. The van der Waals surface area contributed by atoms with Gasteiger partial charge >= 0.3 is 0 Å². The molecule has 4 heteroatoms. The number of anilines is 1. The zero-order valence-corrected chi connectivity index (χ0v) is 15.8.